The largest absolute Gasteiger partial charge is 0.478 e. The SMILES string of the molecule is [2H]CCCCCCc1cc2c(cc1Cl)C=C(C(=O)O)C(C(F)(F)F)O2. The number of carbonyl (C=O) groups is 1. The number of benzene rings is 1. The minimum Gasteiger partial charge on any atom is -0.478 e. The number of aryl methyl sites for hydroxylation is 1. The fourth-order valence-electron chi connectivity index (χ4n) is 2.54. The average Bonchev–Trinajstić information content (AvgIpc) is 2.52. The summed E-state index contributed by atoms with van der Waals surface area (Å²) in [6.07, 6.45) is -2.33. The van der Waals surface area contributed by atoms with Crippen LogP contribution in [0.1, 0.15) is 45.1 Å². The molecule has 1 unspecified atom stereocenters. The minimum atomic E-state index is -4.82. The Morgan fingerprint density at radius 3 is 2.75 bits per heavy atom. The highest BCUT2D eigenvalue weighted by Crippen LogP contribution is 2.39. The molecule has 1 aromatic carbocycles. The van der Waals surface area contributed by atoms with Crippen molar-refractivity contribution in [3.63, 3.8) is 0 Å². The number of halogens is 4. The monoisotopic (exact) mass is 363 g/mol. The highest BCUT2D eigenvalue weighted by molar-refractivity contribution is 6.31. The van der Waals surface area contributed by atoms with Crippen molar-refractivity contribution in [1.29, 1.82) is 0 Å². The first-order chi connectivity index (χ1) is 11.7. The van der Waals surface area contributed by atoms with Crippen LogP contribution in [0.3, 0.4) is 0 Å². The highest BCUT2D eigenvalue weighted by Gasteiger charge is 2.48. The summed E-state index contributed by atoms with van der Waals surface area (Å²) < 4.78 is 51.3. The van der Waals surface area contributed by atoms with Crippen LogP contribution in [0.4, 0.5) is 13.2 Å². The number of aliphatic carboxylic acids is 1. The summed E-state index contributed by atoms with van der Waals surface area (Å²) in [6.45, 7) is 0.379. The van der Waals surface area contributed by atoms with E-state index in [1.807, 2.05) is 0 Å². The predicted octanol–water partition coefficient (Wildman–Crippen LogP) is 5.25. The maximum atomic E-state index is 13.1. The molecule has 7 heteroatoms. The Hall–Kier alpha value is -1.69. The molecule has 1 aromatic rings. The molecule has 0 bridgehead atoms. The minimum absolute atomic E-state index is 0.0158. The molecule has 0 aliphatic carbocycles. The van der Waals surface area contributed by atoms with Crippen LogP contribution in [-0.4, -0.2) is 23.4 Å². The number of unbranched alkanes of at least 4 members (excludes halogenated alkanes) is 3. The third kappa shape index (κ3) is 4.23. The van der Waals surface area contributed by atoms with Gasteiger partial charge < -0.3 is 9.84 Å². The van der Waals surface area contributed by atoms with Crippen LogP contribution in [0.25, 0.3) is 6.08 Å². The molecule has 132 valence electrons. The lowest BCUT2D eigenvalue weighted by atomic mass is 9.98. The molecule has 0 radical (unpaired) electrons. The van der Waals surface area contributed by atoms with Crippen LogP contribution in [0.15, 0.2) is 17.7 Å². The molecule has 24 heavy (non-hydrogen) atoms. The van der Waals surface area contributed by atoms with E-state index < -0.39 is 23.8 Å². The zero-order chi connectivity index (χ0) is 18.6. The van der Waals surface area contributed by atoms with Gasteiger partial charge in [-0.15, -0.1) is 0 Å². The number of alkyl halides is 3. The molecule has 0 aromatic heterocycles. The molecule has 0 saturated carbocycles. The lowest BCUT2D eigenvalue weighted by molar-refractivity contribution is -0.187. The van der Waals surface area contributed by atoms with Crippen LogP contribution >= 0.6 is 11.6 Å². The number of fused-ring (bicyclic) bond motifs is 1. The van der Waals surface area contributed by atoms with Gasteiger partial charge in [-0.2, -0.15) is 13.2 Å². The average molecular weight is 364 g/mol. The van der Waals surface area contributed by atoms with E-state index in [-0.39, 0.29) is 11.3 Å². The Labute approximate surface area is 144 Å². The van der Waals surface area contributed by atoms with Gasteiger partial charge in [0.05, 0.1) is 5.57 Å². The van der Waals surface area contributed by atoms with Gasteiger partial charge in [0.25, 0.3) is 0 Å². The normalized spacial score (nSPS) is 17.6. The quantitative estimate of drug-likeness (QED) is 0.702. The highest BCUT2D eigenvalue weighted by atomic mass is 35.5. The van der Waals surface area contributed by atoms with Gasteiger partial charge in [0.1, 0.15) is 5.75 Å². The molecule has 0 spiro atoms. The molecule has 1 N–H and O–H groups in total. The van der Waals surface area contributed by atoms with Crippen LogP contribution in [0.5, 0.6) is 5.75 Å². The summed E-state index contributed by atoms with van der Waals surface area (Å²) in [5.74, 6) is -1.69. The van der Waals surface area contributed by atoms with Crippen molar-refractivity contribution in [2.45, 2.75) is 51.3 Å². The van der Waals surface area contributed by atoms with Gasteiger partial charge in [-0.05, 0) is 36.6 Å². The van der Waals surface area contributed by atoms with E-state index in [1.54, 1.807) is 0 Å². The molecule has 0 amide bonds. The Morgan fingerprint density at radius 2 is 2.12 bits per heavy atom. The van der Waals surface area contributed by atoms with Crippen molar-refractivity contribution in [3.05, 3.63) is 33.9 Å². The van der Waals surface area contributed by atoms with E-state index in [4.69, 9.17) is 22.8 Å². The molecule has 1 aliphatic heterocycles. The van der Waals surface area contributed by atoms with E-state index in [2.05, 4.69) is 0 Å². The molecule has 3 nitrogen and oxygen atoms in total. The van der Waals surface area contributed by atoms with Crippen LogP contribution in [0.2, 0.25) is 5.02 Å². The number of ether oxygens (including phenoxy) is 1. The molecule has 1 heterocycles. The predicted molar refractivity (Wildman–Crippen MR) is 85.4 cm³/mol. The molecular weight excluding hydrogens is 345 g/mol. The molecule has 0 saturated heterocycles. The van der Waals surface area contributed by atoms with E-state index in [9.17, 15) is 18.0 Å². The van der Waals surface area contributed by atoms with Gasteiger partial charge in [0, 0.05) is 12.0 Å². The Bertz CT molecular complexity index is 674. The second-order valence-electron chi connectivity index (χ2n) is 5.59. The summed E-state index contributed by atoms with van der Waals surface area (Å²) in [7, 11) is 0. The first kappa shape index (κ1) is 17.1. The first-order valence-electron chi connectivity index (χ1n) is 8.24. The number of carboxylic acids is 1. The van der Waals surface area contributed by atoms with Crippen molar-refractivity contribution in [2.75, 3.05) is 0 Å². The molecule has 1 atom stereocenters. The lowest BCUT2D eigenvalue weighted by Crippen LogP contribution is -2.40. The summed E-state index contributed by atoms with van der Waals surface area (Å²) >= 11 is 6.17. The van der Waals surface area contributed by atoms with Crippen LogP contribution < -0.4 is 4.74 Å². The third-order valence-corrected chi connectivity index (χ3v) is 4.11. The second-order valence-corrected chi connectivity index (χ2v) is 6.00. The zero-order valence-electron chi connectivity index (χ0n) is 13.8. The van der Waals surface area contributed by atoms with Crippen molar-refractivity contribution >= 4 is 23.6 Å². The van der Waals surface area contributed by atoms with E-state index in [0.29, 0.717) is 23.9 Å². The van der Waals surface area contributed by atoms with Crippen molar-refractivity contribution in [1.82, 2.24) is 0 Å². The Balaban J connectivity index is 2.23. The zero-order valence-corrected chi connectivity index (χ0v) is 13.6. The molecule has 2 rings (SSSR count). The number of rotatable bonds is 6. The summed E-state index contributed by atoms with van der Waals surface area (Å²) in [4.78, 5) is 11.1. The maximum Gasteiger partial charge on any atom is 0.430 e. The summed E-state index contributed by atoms with van der Waals surface area (Å²) in [5.41, 5.74) is 0.0273. The number of hydrogen-bond donors (Lipinski definition) is 1. The fraction of sp³-hybridized carbons (Fsp3) is 0.471. The van der Waals surface area contributed by atoms with E-state index in [0.717, 1.165) is 31.8 Å². The van der Waals surface area contributed by atoms with Crippen molar-refractivity contribution in [2.24, 2.45) is 0 Å². The molecule has 0 fully saturated rings. The Morgan fingerprint density at radius 1 is 1.38 bits per heavy atom. The standard InChI is InChI=1S/C17H18ClF3O3/c1-2-3-4-5-6-10-9-14-11(8-13(10)18)7-12(16(22)23)15(24-14)17(19,20)21/h7-9,15H,2-6H2,1H3,(H,22,23)/i1D. The molecule has 1 aliphatic rings. The molecular formula is C17H18ClF3O3. The van der Waals surface area contributed by atoms with Crippen LogP contribution in [-0.2, 0) is 11.2 Å². The third-order valence-electron chi connectivity index (χ3n) is 3.76. The maximum absolute atomic E-state index is 13.1. The Kier molecular flexibility index (Phi) is 5.33. The van der Waals surface area contributed by atoms with Gasteiger partial charge in [0.15, 0.2) is 0 Å². The van der Waals surface area contributed by atoms with Gasteiger partial charge in [-0.3, -0.25) is 0 Å². The van der Waals surface area contributed by atoms with Gasteiger partial charge in [0.2, 0.25) is 6.10 Å². The summed E-state index contributed by atoms with van der Waals surface area (Å²) in [5, 5.41) is 9.38. The van der Waals surface area contributed by atoms with Crippen LogP contribution in [0, 0.1) is 0 Å². The number of carboxylic acid groups (broad SMARTS) is 1. The van der Waals surface area contributed by atoms with E-state index >= 15 is 0 Å². The first-order valence-corrected chi connectivity index (χ1v) is 7.91. The summed E-state index contributed by atoms with van der Waals surface area (Å²) in [6, 6.07) is 2.89. The van der Waals surface area contributed by atoms with E-state index in [1.165, 1.54) is 12.1 Å². The topological polar surface area (TPSA) is 46.5 Å². The van der Waals surface area contributed by atoms with Gasteiger partial charge >= 0.3 is 12.1 Å². The fourth-order valence-corrected chi connectivity index (χ4v) is 2.80. The second kappa shape index (κ2) is 7.47. The van der Waals surface area contributed by atoms with Crippen molar-refractivity contribution in [3.8, 4) is 5.75 Å². The van der Waals surface area contributed by atoms with Crippen molar-refractivity contribution < 1.29 is 29.2 Å². The lowest BCUT2D eigenvalue weighted by Gasteiger charge is -2.27. The smallest absolute Gasteiger partial charge is 0.430 e. The number of hydrogen-bond acceptors (Lipinski definition) is 2. The van der Waals surface area contributed by atoms with Gasteiger partial charge in [-0.25, -0.2) is 4.79 Å². The van der Waals surface area contributed by atoms with Gasteiger partial charge in [-0.1, -0.05) is 37.8 Å².